The lowest BCUT2D eigenvalue weighted by atomic mass is 10.2. The molecular formula is C10H18BrN5S. The Morgan fingerprint density at radius 3 is 2.88 bits per heavy atom. The fraction of sp³-hybridized carbons (Fsp3) is 0.600. The molecule has 0 aromatic carbocycles. The van der Waals surface area contributed by atoms with Crippen LogP contribution in [0.3, 0.4) is 0 Å². The van der Waals surface area contributed by atoms with Crippen molar-refractivity contribution in [3.8, 4) is 0 Å². The number of hydrogen-bond acceptors (Lipinski definition) is 6. The van der Waals surface area contributed by atoms with E-state index in [-0.39, 0.29) is 0 Å². The fourth-order valence-electron chi connectivity index (χ4n) is 1.54. The van der Waals surface area contributed by atoms with Crippen molar-refractivity contribution in [1.29, 1.82) is 0 Å². The van der Waals surface area contributed by atoms with E-state index in [0.29, 0.717) is 12.0 Å². The number of nitrogen functional groups attached to an aromatic ring is 1. The van der Waals surface area contributed by atoms with Gasteiger partial charge in [-0.2, -0.15) is 16.7 Å². The molecular weight excluding hydrogens is 302 g/mol. The maximum absolute atomic E-state index is 5.32. The summed E-state index contributed by atoms with van der Waals surface area (Å²) in [5, 5.41) is 0. The monoisotopic (exact) mass is 319 g/mol. The van der Waals surface area contributed by atoms with E-state index in [1.165, 1.54) is 0 Å². The van der Waals surface area contributed by atoms with Crippen LogP contribution in [0, 0.1) is 0 Å². The number of hydrogen-bond donors (Lipinski definition) is 2. The third-order valence-electron chi connectivity index (χ3n) is 2.57. The summed E-state index contributed by atoms with van der Waals surface area (Å²) in [5.41, 5.74) is 2.46. The molecule has 1 unspecified atom stereocenters. The predicted octanol–water partition coefficient (Wildman–Crippen LogP) is 2.10. The van der Waals surface area contributed by atoms with Gasteiger partial charge in [0.2, 0.25) is 5.95 Å². The highest BCUT2D eigenvalue weighted by Crippen LogP contribution is 2.26. The first kappa shape index (κ1) is 14.5. The molecule has 0 aliphatic carbocycles. The Morgan fingerprint density at radius 2 is 2.35 bits per heavy atom. The highest BCUT2D eigenvalue weighted by Gasteiger charge is 2.17. The number of halogens is 1. The quantitative estimate of drug-likeness (QED) is 0.618. The van der Waals surface area contributed by atoms with Crippen LogP contribution in [0.4, 0.5) is 11.8 Å². The molecule has 0 amide bonds. The van der Waals surface area contributed by atoms with Crippen LogP contribution in [0.2, 0.25) is 0 Å². The second kappa shape index (κ2) is 7.03. The molecule has 7 heteroatoms. The molecule has 1 aromatic heterocycles. The minimum absolute atomic E-state index is 0.425. The van der Waals surface area contributed by atoms with Gasteiger partial charge in [0.05, 0.1) is 4.47 Å². The largest absolute Gasteiger partial charge is 0.355 e. The fourth-order valence-corrected chi connectivity index (χ4v) is 2.86. The van der Waals surface area contributed by atoms with Crippen molar-refractivity contribution in [3.63, 3.8) is 0 Å². The van der Waals surface area contributed by atoms with Crippen LogP contribution in [0.5, 0.6) is 0 Å². The lowest BCUT2D eigenvalue weighted by Gasteiger charge is -2.28. The Kier molecular flexibility index (Phi) is 6.01. The molecule has 0 spiro atoms. The molecule has 1 aromatic rings. The molecule has 0 radical (unpaired) electrons. The van der Waals surface area contributed by atoms with Crippen LogP contribution < -0.4 is 16.2 Å². The number of nitrogens with zero attached hydrogens (tertiary/aromatic N) is 3. The van der Waals surface area contributed by atoms with Crippen LogP contribution >= 0.6 is 27.7 Å². The Hall–Kier alpha value is -0.530. The first-order valence-electron chi connectivity index (χ1n) is 5.34. The van der Waals surface area contributed by atoms with E-state index in [4.69, 9.17) is 5.84 Å². The predicted molar refractivity (Wildman–Crippen MR) is 78.4 cm³/mol. The molecule has 3 N–H and O–H groups in total. The summed E-state index contributed by atoms with van der Waals surface area (Å²) in [6.07, 6.45) is 4.89. The number of nitrogens with one attached hydrogen (secondary N) is 1. The smallest absolute Gasteiger partial charge is 0.239 e. The van der Waals surface area contributed by atoms with Crippen LogP contribution in [-0.2, 0) is 0 Å². The van der Waals surface area contributed by atoms with E-state index < -0.39 is 0 Å². The standard InChI is InChI=1S/C10H18BrN5S/c1-4-7(6-17-3)16(2)9-8(11)5-13-10(14-9)15-12/h5,7H,4,6,12H2,1-3H3,(H,13,14,15). The average molecular weight is 320 g/mol. The molecule has 0 aliphatic rings. The van der Waals surface area contributed by atoms with Gasteiger partial charge in [-0.05, 0) is 28.6 Å². The highest BCUT2D eigenvalue weighted by molar-refractivity contribution is 9.10. The van der Waals surface area contributed by atoms with Gasteiger partial charge in [-0.25, -0.2) is 10.8 Å². The Labute approximate surface area is 115 Å². The number of anilines is 2. The Bertz CT molecular complexity index is 363. The maximum atomic E-state index is 5.32. The minimum atomic E-state index is 0.425. The molecule has 1 atom stereocenters. The summed E-state index contributed by atoms with van der Waals surface area (Å²) in [5.74, 6) is 7.67. The van der Waals surface area contributed by atoms with Crippen LogP contribution in [-0.4, -0.2) is 35.1 Å². The molecule has 1 heterocycles. The van der Waals surface area contributed by atoms with Crippen molar-refractivity contribution >= 4 is 39.5 Å². The van der Waals surface area contributed by atoms with Crippen molar-refractivity contribution in [3.05, 3.63) is 10.7 Å². The summed E-state index contributed by atoms with van der Waals surface area (Å²) >= 11 is 5.30. The van der Waals surface area contributed by atoms with Crippen LogP contribution in [0.1, 0.15) is 13.3 Å². The lowest BCUT2D eigenvalue weighted by Crippen LogP contribution is -2.34. The minimum Gasteiger partial charge on any atom is -0.355 e. The van der Waals surface area contributed by atoms with Gasteiger partial charge < -0.3 is 4.90 Å². The van der Waals surface area contributed by atoms with Gasteiger partial charge in [0.25, 0.3) is 0 Å². The van der Waals surface area contributed by atoms with Crippen molar-refractivity contribution < 1.29 is 0 Å². The molecule has 0 aliphatic heterocycles. The third-order valence-corrected chi connectivity index (χ3v) is 3.84. The Morgan fingerprint density at radius 1 is 1.65 bits per heavy atom. The van der Waals surface area contributed by atoms with Crippen LogP contribution in [0.25, 0.3) is 0 Å². The zero-order valence-electron chi connectivity index (χ0n) is 10.3. The zero-order chi connectivity index (χ0) is 12.8. The highest BCUT2D eigenvalue weighted by atomic mass is 79.9. The van der Waals surface area contributed by atoms with E-state index in [2.05, 4.69) is 49.4 Å². The number of hydrazine groups is 1. The molecule has 0 saturated heterocycles. The van der Waals surface area contributed by atoms with Crippen molar-refractivity contribution in [1.82, 2.24) is 9.97 Å². The van der Waals surface area contributed by atoms with E-state index in [1.807, 2.05) is 18.8 Å². The van der Waals surface area contributed by atoms with Gasteiger partial charge in [0.15, 0.2) is 0 Å². The summed E-state index contributed by atoms with van der Waals surface area (Å²) < 4.78 is 0.874. The molecule has 1 rings (SSSR count). The van der Waals surface area contributed by atoms with Gasteiger partial charge >= 0.3 is 0 Å². The molecule has 0 bridgehead atoms. The van der Waals surface area contributed by atoms with E-state index in [9.17, 15) is 0 Å². The van der Waals surface area contributed by atoms with Gasteiger partial charge in [-0.1, -0.05) is 6.92 Å². The maximum Gasteiger partial charge on any atom is 0.239 e. The SMILES string of the molecule is CCC(CSC)N(C)c1nc(NN)ncc1Br. The second-order valence-corrected chi connectivity index (χ2v) is 5.40. The molecule has 5 nitrogen and oxygen atoms in total. The summed E-state index contributed by atoms with van der Waals surface area (Å²) in [4.78, 5) is 10.6. The van der Waals surface area contributed by atoms with Gasteiger partial charge in [-0.3, -0.25) is 5.43 Å². The van der Waals surface area contributed by atoms with Crippen molar-refractivity contribution in [2.24, 2.45) is 5.84 Å². The average Bonchev–Trinajstić information content (AvgIpc) is 2.35. The van der Waals surface area contributed by atoms with Crippen LogP contribution in [0.15, 0.2) is 10.7 Å². The van der Waals surface area contributed by atoms with E-state index >= 15 is 0 Å². The topological polar surface area (TPSA) is 67.1 Å². The van der Waals surface area contributed by atoms with E-state index in [1.54, 1.807) is 6.20 Å². The normalized spacial score (nSPS) is 12.3. The number of thioether (sulfide) groups is 1. The lowest BCUT2D eigenvalue weighted by molar-refractivity contribution is 0.664. The molecule has 96 valence electrons. The first-order chi connectivity index (χ1) is 8.13. The Balaban J connectivity index is 2.96. The summed E-state index contributed by atoms with van der Waals surface area (Å²) in [6.45, 7) is 2.18. The number of nitrogens with two attached hydrogens (primary N) is 1. The van der Waals surface area contributed by atoms with Gasteiger partial charge in [-0.15, -0.1) is 0 Å². The third kappa shape index (κ3) is 3.72. The first-order valence-corrected chi connectivity index (χ1v) is 7.53. The van der Waals surface area contributed by atoms with Gasteiger partial charge in [0.1, 0.15) is 5.82 Å². The molecule has 0 saturated carbocycles. The summed E-state index contributed by atoms with van der Waals surface area (Å²) in [7, 11) is 2.04. The van der Waals surface area contributed by atoms with Crippen molar-refractivity contribution in [2.45, 2.75) is 19.4 Å². The number of rotatable bonds is 6. The molecule has 17 heavy (non-hydrogen) atoms. The van der Waals surface area contributed by atoms with Gasteiger partial charge in [0, 0.05) is 25.0 Å². The number of aromatic nitrogens is 2. The summed E-state index contributed by atoms with van der Waals surface area (Å²) in [6, 6.07) is 0.446. The zero-order valence-corrected chi connectivity index (χ0v) is 12.7. The van der Waals surface area contributed by atoms with E-state index in [0.717, 1.165) is 22.5 Å². The van der Waals surface area contributed by atoms with Crippen molar-refractivity contribution in [2.75, 3.05) is 29.4 Å². The second-order valence-electron chi connectivity index (χ2n) is 3.64. The molecule has 0 fully saturated rings.